The molecule has 0 spiro atoms. The average molecular weight is 605 g/mol. The van der Waals surface area contributed by atoms with E-state index in [4.69, 9.17) is 16.3 Å². The van der Waals surface area contributed by atoms with E-state index in [0.29, 0.717) is 29.4 Å². The molecule has 3 aromatic carbocycles. The summed E-state index contributed by atoms with van der Waals surface area (Å²) >= 11 is 8.16. The molecule has 0 radical (unpaired) electrons. The van der Waals surface area contributed by atoms with Gasteiger partial charge in [-0.25, -0.2) is 14.1 Å². The van der Waals surface area contributed by atoms with Gasteiger partial charge < -0.3 is 4.74 Å². The first kappa shape index (κ1) is 24.9. The van der Waals surface area contributed by atoms with Crippen LogP contribution in [-0.4, -0.2) is 24.5 Å². The van der Waals surface area contributed by atoms with Gasteiger partial charge in [-0.3, -0.25) is 14.9 Å². The Morgan fingerprint density at radius 1 is 1.09 bits per heavy atom. The van der Waals surface area contributed by atoms with Crippen molar-refractivity contribution < 1.29 is 23.5 Å². The number of benzene rings is 3. The maximum absolute atomic E-state index is 13.7. The topological polar surface area (TPSA) is 75.7 Å². The Morgan fingerprint density at radius 2 is 1.86 bits per heavy atom. The van der Waals surface area contributed by atoms with Crippen LogP contribution in [0, 0.1) is 9.39 Å². The highest BCUT2D eigenvalue weighted by molar-refractivity contribution is 14.1. The molecule has 1 saturated heterocycles. The number of amides is 4. The summed E-state index contributed by atoms with van der Waals surface area (Å²) in [5, 5.41) is 2.54. The van der Waals surface area contributed by atoms with E-state index >= 15 is 0 Å². The van der Waals surface area contributed by atoms with Gasteiger partial charge in [0.15, 0.2) is 0 Å². The molecule has 0 saturated carbocycles. The highest BCUT2D eigenvalue weighted by Crippen LogP contribution is 2.31. The number of nitrogens with zero attached hydrogens (tertiary/aromatic N) is 1. The van der Waals surface area contributed by atoms with Crippen molar-refractivity contribution in [3.05, 3.63) is 97.3 Å². The van der Waals surface area contributed by atoms with E-state index in [-0.39, 0.29) is 17.1 Å². The summed E-state index contributed by atoms with van der Waals surface area (Å²) in [6, 6.07) is 15.2. The third-order valence-corrected chi connectivity index (χ3v) is 6.42. The monoisotopic (exact) mass is 604 g/mol. The highest BCUT2D eigenvalue weighted by atomic mass is 127. The standard InChI is InChI=1S/C26H19ClFIN2O4/c1-2-35-23-13-16(12-22(29)20(23)10-15-5-3-7-18(28)9-15)11-21-24(32)30-26(34)31(25(21)33)19-8-4-6-17(27)14-19/h3-9,11-14H,2,10H2,1H3,(H,30,32,34)/b21-11+. The van der Waals surface area contributed by atoms with E-state index < -0.39 is 17.8 Å². The normalized spacial score (nSPS) is 14.9. The van der Waals surface area contributed by atoms with Crippen LogP contribution in [0.25, 0.3) is 6.08 Å². The Hall–Kier alpha value is -3.24. The number of carbonyl (C=O) groups is 3. The van der Waals surface area contributed by atoms with Gasteiger partial charge in [0, 0.05) is 20.6 Å². The fourth-order valence-electron chi connectivity index (χ4n) is 3.70. The molecule has 35 heavy (non-hydrogen) atoms. The molecule has 1 fully saturated rings. The zero-order valence-electron chi connectivity index (χ0n) is 18.5. The lowest BCUT2D eigenvalue weighted by molar-refractivity contribution is -0.122. The number of anilines is 1. The Kier molecular flexibility index (Phi) is 7.51. The van der Waals surface area contributed by atoms with Gasteiger partial charge in [-0.15, -0.1) is 0 Å². The fraction of sp³-hybridized carbons (Fsp3) is 0.115. The minimum Gasteiger partial charge on any atom is -0.494 e. The van der Waals surface area contributed by atoms with Crippen LogP contribution in [0.1, 0.15) is 23.6 Å². The first-order valence-electron chi connectivity index (χ1n) is 10.6. The Bertz CT molecular complexity index is 1380. The van der Waals surface area contributed by atoms with Gasteiger partial charge in [0.1, 0.15) is 17.1 Å². The first-order valence-corrected chi connectivity index (χ1v) is 12.1. The Morgan fingerprint density at radius 3 is 2.57 bits per heavy atom. The number of rotatable bonds is 6. The number of nitrogens with one attached hydrogen (secondary N) is 1. The molecule has 0 bridgehead atoms. The van der Waals surface area contributed by atoms with Crippen molar-refractivity contribution in [2.75, 3.05) is 11.5 Å². The summed E-state index contributed by atoms with van der Waals surface area (Å²) in [5.41, 5.74) is 2.22. The predicted octanol–water partition coefficient (Wildman–Crippen LogP) is 5.74. The van der Waals surface area contributed by atoms with Crippen LogP contribution in [0.3, 0.4) is 0 Å². The summed E-state index contributed by atoms with van der Waals surface area (Å²) in [6.07, 6.45) is 1.86. The first-order chi connectivity index (χ1) is 16.8. The van der Waals surface area contributed by atoms with Crippen LogP contribution in [0.15, 0.2) is 66.2 Å². The van der Waals surface area contributed by atoms with Crippen molar-refractivity contribution >= 4 is 63.8 Å². The molecule has 178 valence electrons. The molecule has 4 amide bonds. The van der Waals surface area contributed by atoms with Crippen molar-refractivity contribution in [1.29, 1.82) is 0 Å². The van der Waals surface area contributed by atoms with Gasteiger partial charge in [-0.05, 0) is 89.2 Å². The third-order valence-electron chi connectivity index (χ3n) is 5.23. The smallest absolute Gasteiger partial charge is 0.335 e. The van der Waals surface area contributed by atoms with E-state index in [9.17, 15) is 18.8 Å². The van der Waals surface area contributed by atoms with Crippen molar-refractivity contribution in [2.45, 2.75) is 13.3 Å². The molecular formula is C26H19ClFIN2O4. The molecule has 9 heteroatoms. The van der Waals surface area contributed by atoms with Crippen molar-refractivity contribution in [3.63, 3.8) is 0 Å². The van der Waals surface area contributed by atoms with Crippen LogP contribution < -0.4 is 15.0 Å². The SMILES string of the molecule is CCOc1cc(/C=C2\C(=O)NC(=O)N(c3cccc(Cl)c3)C2=O)cc(I)c1Cc1cccc(F)c1. The number of ether oxygens (including phenoxy) is 1. The fourth-order valence-corrected chi connectivity index (χ4v) is 4.70. The molecule has 3 aromatic rings. The molecule has 0 aromatic heterocycles. The molecule has 0 aliphatic carbocycles. The maximum Gasteiger partial charge on any atom is 0.335 e. The third kappa shape index (κ3) is 5.54. The van der Waals surface area contributed by atoms with Crippen molar-refractivity contribution in [3.8, 4) is 5.75 Å². The van der Waals surface area contributed by atoms with Crippen molar-refractivity contribution in [2.24, 2.45) is 0 Å². The van der Waals surface area contributed by atoms with Crippen LogP contribution in [0.5, 0.6) is 5.75 Å². The predicted molar refractivity (Wildman–Crippen MR) is 140 cm³/mol. The number of hydrogen-bond donors (Lipinski definition) is 1. The van der Waals surface area contributed by atoms with Crippen molar-refractivity contribution in [1.82, 2.24) is 5.32 Å². The number of hydrogen-bond acceptors (Lipinski definition) is 4. The Labute approximate surface area is 219 Å². The summed E-state index contributed by atoms with van der Waals surface area (Å²) in [7, 11) is 0. The van der Waals surface area contributed by atoms with Crippen LogP contribution in [-0.2, 0) is 16.0 Å². The van der Waals surface area contributed by atoms with Crippen LogP contribution in [0.2, 0.25) is 5.02 Å². The van der Waals surface area contributed by atoms with E-state index in [0.717, 1.165) is 19.6 Å². The Balaban J connectivity index is 1.72. The molecular weight excluding hydrogens is 586 g/mol. The van der Waals surface area contributed by atoms with Gasteiger partial charge in [-0.2, -0.15) is 0 Å². The largest absolute Gasteiger partial charge is 0.494 e. The highest BCUT2D eigenvalue weighted by Gasteiger charge is 2.37. The minimum absolute atomic E-state index is 0.208. The summed E-state index contributed by atoms with van der Waals surface area (Å²) in [6.45, 7) is 2.24. The average Bonchev–Trinajstić information content (AvgIpc) is 2.79. The molecule has 0 unspecified atom stereocenters. The molecule has 4 rings (SSSR count). The molecule has 0 atom stereocenters. The van der Waals surface area contributed by atoms with E-state index in [1.54, 1.807) is 36.4 Å². The zero-order chi connectivity index (χ0) is 25.1. The lowest BCUT2D eigenvalue weighted by Crippen LogP contribution is -2.54. The minimum atomic E-state index is -0.852. The quantitative estimate of drug-likeness (QED) is 0.221. The molecule has 1 heterocycles. The van der Waals surface area contributed by atoms with Gasteiger partial charge >= 0.3 is 6.03 Å². The maximum atomic E-state index is 13.7. The lowest BCUT2D eigenvalue weighted by Gasteiger charge is -2.26. The molecule has 1 aliphatic heterocycles. The molecule has 1 aliphatic rings. The number of halogens is 3. The van der Waals surface area contributed by atoms with Gasteiger partial charge in [-0.1, -0.05) is 29.8 Å². The van der Waals surface area contributed by atoms with Crippen LogP contribution in [0.4, 0.5) is 14.9 Å². The number of barbiturate groups is 1. The summed E-state index contributed by atoms with van der Waals surface area (Å²) in [5.74, 6) is -1.33. The van der Waals surface area contributed by atoms with Crippen LogP contribution >= 0.6 is 34.2 Å². The number of imide groups is 2. The van der Waals surface area contributed by atoms with E-state index in [1.807, 2.05) is 13.0 Å². The second kappa shape index (κ2) is 10.6. The summed E-state index contributed by atoms with van der Waals surface area (Å²) < 4.78 is 20.3. The zero-order valence-corrected chi connectivity index (χ0v) is 21.4. The number of carbonyl (C=O) groups excluding carboxylic acids is 3. The van der Waals surface area contributed by atoms with Gasteiger partial charge in [0.25, 0.3) is 11.8 Å². The molecule has 1 N–H and O–H groups in total. The second-order valence-corrected chi connectivity index (χ2v) is 9.26. The number of urea groups is 1. The van der Waals surface area contributed by atoms with Gasteiger partial charge in [0.05, 0.1) is 12.3 Å². The van der Waals surface area contributed by atoms with E-state index in [2.05, 4.69) is 27.9 Å². The summed E-state index contributed by atoms with van der Waals surface area (Å²) in [4.78, 5) is 39.0. The lowest BCUT2D eigenvalue weighted by atomic mass is 10.0. The molecule has 6 nitrogen and oxygen atoms in total. The van der Waals surface area contributed by atoms with E-state index in [1.165, 1.54) is 24.3 Å². The second-order valence-electron chi connectivity index (χ2n) is 7.66. The van der Waals surface area contributed by atoms with Gasteiger partial charge in [0.2, 0.25) is 0 Å².